The summed E-state index contributed by atoms with van der Waals surface area (Å²) in [4.78, 5) is 12.9. The van der Waals surface area contributed by atoms with Gasteiger partial charge in [0.15, 0.2) is 5.65 Å². The molecule has 30 heavy (non-hydrogen) atoms. The van der Waals surface area contributed by atoms with Crippen molar-refractivity contribution in [1.29, 1.82) is 0 Å². The summed E-state index contributed by atoms with van der Waals surface area (Å²) in [6, 6.07) is 15.8. The predicted octanol–water partition coefficient (Wildman–Crippen LogP) is 3.03. The molecule has 3 heterocycles. The molecule has 1 N–H and O–H groups in total. The molecule has 0 unspecified atom stereocenters. The van der Waals surface area contributed by atoms with Gasteiger partial charge >= 0.3 is 0 Å². The largest absolute Gasteiger partial charge is 0.345 e. The number of benzene rings is 2. The normalized spacial score (nSPS) is 15.1. The molecule has 0 spiro atoms. The van der Waals surface area contributed by atoms with Crippen LogP contribution in [0.1, 0.15) is 5.56 Å². The van der Waals surface area contributed by atoms with Crippen LogP contribution >= 0.6 is 23.2 Å². The maximum atomic E-state index is 6.36. The zero-order valence-corrected chi connectivity index (χ0v) is 17.8. The van der Waals surface area contributed by atoms with Crippen molar-refractivity contribution in [2.24, 2.45) is 0 Å². The molecule has 1 fully saturated rings. The highest BCUT2D eigenvalue weighted by Crippen LogP contribution is 2.25. The molecule has 0 radical (unpaired) electrons. The summed E-state index contributed by atoms with van der Waals surface area (Å²) < 4.78 is 1.87. The topological polar surface area (TPSA) is 51.3 Å². The molecule has 0 bridgehead atoms. The van der Waals surface area contributed by atoms with Crippen LogP contribution in [0.4, 0.5) is 5.82 Å². The van der Waals surface area contributed by atoms with Crippen LogP contribution in [-0.4, -0.2) is 45.9 Å². The van der Waals surface area contributed by atoms with Gasteiger partial charge in [-0.1, -0.05) is 47.5 Å². The average molecular weight is 440 g/mol. The van der Waals surface area contributed by atoms with E-state index in [2.05, 4.69) is 20.0 Å². The van der Waals surface area contributed by atoms with Gasteiger partial charge in [0.2, 0.25) is 0 Å². The predicted molar refractivity (Wildman–Crippen MR) is 120 cm³/mol. The van der Waals surface area contributed by atoms with Gasteiger partial charge in [0.1, 0.15) is 18.7 Å². The zero-order chi connectivity index (χ0) is 20.5. The van der Waals surface area contributed by atoms with Crippen molar-refractivity contribution in [2.75, 3.05) is 31.1 Å². The number of hydrogen-bond acceptors (Lipinski definition) is 4. The van der Waals surface area contributed by atoms with E-state index in [-0.39, 0.29) is 0 Å². The van der Waals surface area contributed by atoms with E-state index in [1.54, 1.807) is 6.33 Å². The van der Waals surface area contributed by atoms with Crippen molar-refractivity contribution < 1.29 is 4.90 Å². The van der Waals surface area contributed by atoms with Gasteiger partial charge in [-0.15, -0.1) is 0 Å². The molecule has 2 aromatic carbocycles. The van der Waals surface area contributed by atoms with Crippen molar-refractivity contribution in [3.63, 3.8) is 0 Å². The Kier molecular flexibility index (Phi) is 5.29. The highest BCUT2D eigenvalue weighted by atomic mass is 35.5. The fourth-order valence-electron chi connectivity index (χ4n) is 3.99. The number of rotatable bonds is 4. The molecule has 4 aromatic rings. The lowest BCUT2D eigenvalue weighted by molar-refractivity contribution is -0.914. The number of aromatic nitrogens is 4. The minimum atomic E-state index is 0.674. The van der Waals surface area contributed by atoms with Crippen LogP contribution in [0.15, 0.2) is 61.1 Å². The number of fused-ring (bicyclic) bond motifs is 1. The second-order valence-corrected chi connectivity index (χ2v) is 8.32. The summed E-state index contributed by atoms with van der Waals surface area (Å²) in [6.45, 7) is 4.76. The number of nitrogens with zero attached hydrogens (tertiary/aromatic N) is 5. The molecular formula is C22H21Cl2N6+. The van der Waals surface area contributed by atoms with E-state index in [1.165, 1.54) is 4.90 Å². The van der Waals surface area contributed by atoms with E-state index < -0.39 is 0 Å². The van der Waals surface area contributed by atoms with Crippen LogP contribution in [0.3, 0.4) is 0 Å². The number of nitrogens with one attached hydrogen (secondary N) is 1. The number of halogens is 2. The summed E-state index contributed by atoms with van der Waals surface area (Å²) >= 11 is 12.4. The first kappa shape index (κ1) is 19.3. The van der Waals surface area contributed by atoms with Crippen molar-refractivity contribution >= 4 is 40.1 Å². The summed E-state index contributed by atoms with van der Waals surface area (Å²) in [7, 11) is 0. The number of hydrogen-bond donors (Lipinski definition) is 1. The van der Waals surface area contributed by atoms with E-state index in [0.29, 0.717) is 5.02 Å². The van der Waals surface area contributed by atoms with E-state index in [0.717, 1.165) is 65.8 Å². The third kappa shape index (κ3) is 3.74. The fourth-order valence-corrected chi connectivity index (χ4v) is 4.46. The van der Waals surface area contributed by atoms with Gasteiger partial charge in [-0.25, -0.2) is 14.6 Å². The average Bonchev–Trinajstić information content (AvgIpc) is 3.21. The van der Waals surface area contributed by atoms with Gasteiger partial charge in [0.25, 0.3) is 0 Å². The Bertz CT molecular complexity index is 1170. The highest BCUT2D eigenvalue weighted by molar-refractivity contribution is 6.35. The summed E-state index contributed by atoms with van der Waals surface area (Å²) in [6.07, 6.45) is 3.50. The van der Waals surface area contributed by atoms with E-state index in [9.17, 15) is 0 Å². The Hall–Kier alpha value is -2.67. The number of para-hydroxylation sites is 1. The van der Waals surface area contributed by atoms with Crippen LogP contribution in [0, 0.1) is 0 Å². The summed E-state index contributed by atoms with van der Waals surface area (Å²) in [5.74, 6) is 0.950. The monoisotopic (exact) mass is 439 g/mol. The number of piperazine rings is 1. The highest BCUT2D eigenvalue weighted by Gasteiger charge is 2.24. The van der Waals surface area contributed by atoms with Gasteiger partial charge in [0.05, 0.1) is 48.5 Å². The molecule has 152 valence electrons. The molecule has 0 amide bonds. The molecule has 1 aliphatic rings. The van der Waals surface area contributed by atoms with Gasteiger partial charge in [-0.05, 0) is 24.3 Å². The lowest BCUT2D eigenvalue weighted by Crippen LogP contribution is -3.13. The molecule has 1 aliphatic heterocycles. The Morgan fingerprint density at radius 2 is 1.77 bits per heavy atom. The first-order valence-electron chi connectivity index (χ1n) is 9.95. The lowest BCUT2D eigenvalue weighted by atomic mass is 10.2. The van der Waals surface area contributed by atoms with Gasteiger partial charge in [0, 0.05) is 10.6 Å². The first-order valence-corrected chi connectivity index (χ1v) is 10.7. The molecule has 2 aromatic heterocycles. The molecule has 0 atom stereocenters. The van der Waals surface area contributed by atoms with E-state index in [4.69, 9.17) is 23.2 Å². The third-order valence-electron chi connectivity index (χ3n) is 5.57. The maximum Gasteiger partial charge on any atom is 0.168 e. The second-order valence-electron chi connectivity index (χ2n) is 7.48. The van der Waals surface area contributed by atoms with Crippen LogP contribution in [0.5, 0.6) is 0 Å². The third-order valence-corrected chi connectivity index (χ3v) is 6.16. The Labute approximate surface area is 184 Å². The fraction of sp³-hybridized carbons (Fsp3) is 0.227. The maximum absolute atomic E-state index is 6.36. The molecule has 1 saturated heterocycles. The molecular weight excluding hydrogens is 419 g/mol. The Morgan fingerprint density at radius 3 is 2.53 bits per heavy atom. The van der Waals surface area contributed by atoms with Crippen molar-refractivity contribution in [3.8, 4) is 5.69 Å². The molecule has 0 aliphatic carbocycles. The minimum Gasteiger partial charge on any atom is -0.345 e. The number of anilines is 1. The molecule has 0 saturated carbocycles. The minimum absolute atomic E-state index is 0.674. The SMILES string of the molecule is Clc1ccc(C[NH+]2CCN(c3ncnc4c3cnn4-c3ccccc3)CC2)c(Cl)c1. The van der Waals surface area contributed by atoms with Crippen LogP contribution in [-0.2, 0) is 6.54 Å². The van der Waals surface area contributed by atoms with Crippen LogP contribution in [0.25, 0.3) is 16.7 Å². The van der Waals surface area contributed by atoms with Gasteiger partial charge in [-0.2, -0.15) is 5.10 Å². The van der Waals surface area contributed by atoms with Gasteiger partial charge < -0.3 is 9.80 Å². The van der Waals surface area contributed by atoms with Crippen molar-refractivity contribution in [2.45, 2.75) is 6.54 Å². The zero-order valence-electron chi connectivity index (χ0n) is 16.3. The Balaban J connectivity index is 1.33. The quantitative estimate of drug-likeness (QED) is 0.530. The second kappa shape index (κ2) is 8.22. The molecule has 8 heteroatoms. The number of quaternary nitrogens is 1. The lowest BCUT2D eigenvalue weighted by Gasteiger charge is -2.33. The summed E-state index contributed by atoms with van der Waals surface area (Å²) in [5, 5.41) is 6.96. The van der Waals surface area contributed by atoms with Crippen LogP contribution in [0.2, 0.25) is 10.0 Å². The molecule has 5 rings (SSSR count). The first-order chi connectivity index (χ1) is 14.7. The van der Waals surface area contributed by atoms with Gasteiger partial charge in [-0.3, -0.25) is 0 Å². The van der Waals surface area contributed by atoms with Crippen molar-refractivity contribution in [1.82, 2.24) is 19.7 Å². The summed E-state index contributed by atoms with van der Waals surface area (Å²) in [5.41, 5.74) is 2.96. The van der Waals surface area contributed by atoms with Crippen molar-refractivity contribution in [3.05, 3.63) is 76.7 Å². The Morgan fingerprint density at radius 1 is 0.967 bits per heavy atom. The van der Waals surface area contributed by atoms with E-state index >= 15 is 0 Å². The standard InChI is InChI=1S/C22H20Cl2N6/c23-17-7-6-16(20(24)12-17)14-28-8-10-29(11-9-28)21-19-13-27-30(22(19)26-15-25-21)18-4-2-1-3-5-18/h1-7,12-13,15H,8-11,14H2/p+1. The van der Waals surface area contributed by atoms with E-state index in [1.807, 2.05) is 59.4 Å². The molecule has 6 nitrogen and oxygen atoms in total. The van der Waals surface area contributed by atoms with Crippen LogP contribution < -0.4 is 9.80 Å². The smallest absolute Gasteiger partial charge is 0.168 e.